The van der Waals surface area contributed by atoms with Gasteiger partial charge < -0.3 is 5.73 Å². The lowest BCUT2D eigenvalue weighted by molar-refractivity contribution is 0.641. The van der Waals surface area contributed by atoms with Gasteiger partial charge in [0.25, 0.3) is 5.56 Å². The van der Waals surface area contributed by atoms with Crippen molar-refractivity contribution in [3.8, 4) is 0 Å². The molecule has 4 nitrogen and oxygen atoms in total. The molecular formula is C11H10ClN3O. The number of halogens is 1. The zero-order valence-electron chi connectivity index (χ0n) is 8.43. The molecule has 0 saturated carbocycles. The van der Waals surface area contributed by atoms with Gasteiger partial charge in [-0.05, 0) is 17.7 Å². The molecule has 1 heterocycles. The van der Waals surface area contributed by atoms with Gasteiger partial charge >= 0.3 is 0 Å². The summed E-state index contributed by atoms with van der Waals surface area (Å²) in [5.74, 6) is 0. The van der Waals surface area contributed by atoms with E-state index in [0.29, 0.717) is 11.6 Å². The highest BCUT2D eigenvalue weighted by Gasteiger charge is 2.04. The molecule has 2 N–H and O–H groups in total. The van der Waals surface area contributed by atoms with Crippen LogP contribution in [0, 0.1) is 0 Å². The van der Waals surface area contributed by atoms with Crippen molar-refractivity contribution in [2.24, 2.45) is 0 Å². The van der Waals surface area contributed by atoms with E-state index in [1.54, 1.807) is 6.07 Å². The van der Waals surface area contributed by atoms with Crippen LogP contribution in [0.5, 0.6) is 0 Å². The van der Waals surface area contributed by atoms with Crippen molar-refractivity contribution in [1.29, 1.82) is 0 Å². The number of nitrogens with zero attached hydrogens (tertiary/aromatic N) is 2. The normalized spacial score (nSPS) is 10.3. The number of hydrogen-bond acceptors (Lipinski definition) is 3. The highest BCUT2D eigenvalue weighted by atomic mass is 35.5. The average Bonchev–Trinajstić information content (AvgIpc) is 2.28. The van der Waals surface area contributed by atoms with Gasteiger partial charge in [0.1, 0.15) is 5.69 Å². The number of aromatic nitrogens is 2. The molecule has 2 aromatic rings. The average molecular weight is 236 g/mol. The van der Waals surface area contributed by atoms with Crippen molar-refractivity contribution >= 4 is 17.3 Å². The molecule has 5 heteroatoms. The lowest BCUT2D eigenvalue weighted by Crippen LogP contribution is -2.25. The van der Waals surface area contributed by atoms with E-state index in [1.807, 2.05) is 18.2 Å². The zero-order valence-corrected chi connectivity index (χ0v) is 9.19. The number of benzene rings is 1. The van der Waals surface area contributed by atoms with E-state index in [9.17, 15) is 4.79 Å². The summed E-state index contributed by atoms with van der Waals surface area (Å²) in [5, 5.41) is 4.55. The van der Waals surface area contributed by atoms with Crippen molar-refractivity contribution in [3.05, 3.63) is 57.5 Å². The monoisotopic (exact) mass is 235 g/mol. The molecule has 0 aliphatic heterocycles. The van der Waals surface area contributed by atoms with Gasteiger partial charge in [-0.25, -0.2) is 4.68 Å². The molecule has 1 aromatic heterocycles. The predicted molar refractivity (Wildman–Crippen MR) is 63.5 cm³/mol. The minimum Gasteiger partial charge on any atom is -0.394 e. The molecule has 0 radical (unpaired) electrons. The van der Waals surface area contributed by atoms with E-state index in [0.717, 1.165) is 5.56 Å². The predicted octanol–water partition coefficient (Wildman–Crippen LogP) is 1.53. The maximum absolute atomic E-state index is 11.6. The summed E-state index contributed by atoms with van der Waals surface area (Å²) in [7, 11) is 0. The van der Waals surface area contributed by atoms with Crippen LogP contribution < -0.4 is 11.3 Å². The summed E-state index contributed by atoms with van der Waals surface area (Å²) in [6.07, 6.45) is 1.49. The molecule has 2 rings (SSSR count). The Bertz CT molecular complexity index is 565. The molecule has 0 amide bonds. The molecule has 0 saturated heterocycles. The van der Waals surface area contributed by atoms with Gasteiger partial charge in [0.15, 0.2) is 0 Å². The summed E-state index contributed by atoms with van der Waals surface area (Å²) >= 11 is 5.99. The molecule has 0 aliphatic carbocycles. The van der Waals surface area contributed by atoms with E-state index < -0.39 is 0 Å². The van der Waals surface area contributed by atoms with Crippen LogP contribution in [0.4, 0.5) is 5.69 Å². The fourth-order valence-corrected chi connectivity index (χ4v) is 1.56. The first-order valence-electron chi connectivity index (χ1n) is 4.73. The third-order valence-electron chi connectivity index (χ3n) is 2.22. The first kappa shape index (κ1) is 10.7. The Labute approximate surface area is 97.3 Å². The molecule has 0 fully saturated rings. The van der Waals surface area contributed by atoms with Gasteiger partial charge in [-0.3, -0.25) is 4.79 Å². The molecule has 0 aliphatic rings. The lowest BCUT2D eigenvalue weighted by Gasteiger charge is -2.06. The van der Waals surface area contributed by atoms with Crippen LogP contribution in [0.1, 0.15) is 5.56 Å². The number of nitrogens with two attached hydrogens (primary N) is 1. The van der Waals surface area contributed by atoms with Crippen molar-refractivity contribution in [2.75, 3.05) is 5.73 Å². The summed E-state index contributed by atoms with van der Waals surface area (Å²) in [5.41, 5.74) is 6.22. The van der Waals surface area contributed by atoms with E-state index in [-0.39, 0.29) is 11.2 Å². The Morgan fingerprint density at radius 1 is 1.31 bits per heavy atom. The van der Waals surface area contributed by atoms with Crippen LogP contribution >= 0.6 is 11.6 Å². The summed E-state index contributed by atoms with van der Waals surface area (Å²) in [6, 6.07) is 8.79. The van der Waals surface area contributed by atoms with Crippen LogP contribution in [0.25, 0.3) is 0 Å². The van der Waals surface area contributed by atoms with E-state index in [2.05, 4.69) is 5.10 Å². The third-order valence-corrected chi connectivity index (χ3v) is 2.59. The van der Waals surface area contributed by atoms with E-state index in [4.69, 9.17) is 17.3 Å². The molecule has 1 aromatic carbocycles. The Morgan fingerprint density at radius 3 is 2.81 bits per heavy atom. The third kappa shape index (κ3) is 2.06. The fraction of sp³-hybridized carbons (Fsp3) is 0.0909. The lowest BCUT2D eigenvalue weighted by atomic mass is 10.2. The number of rotatable bonds is 2. The second-order valence-electron chi connectivity index (χ2n) is 3.34. The second-order valence-corrected chi connectivity index (χ2v) is 3.75. The van der Waals surface area contributed by atoms with Gasteiger partial charge in [-0.2, -0.15) is 5.10 Å². The topological polar surface area (TPSA) is 60.9 Å². The highest BCUT2D eigenvalue weighted by molar-refractivity contribution is 6.31. The van der Waals surface area contributed by atoms with Gasteiger partial charge in [-0.15, -0.1) is 0 Å². The quantitative estimate of drug-likeness (QED) is 0.859. The molecule has 16 heavy (non-hydrogen) atoms. The molecule has 0 spiro atoms. The van der Waals surface area contributed by atoms with E-state index in [1.165, 1.54) is 16.9 Å². The van der Waals surface area contributed by atoms with Gasteiger partial charge in [-0.1, -0.05) is 29.8 Å². The van der Waals surface area contributed by atoms with Gasteiger partial charge in [0.05, 0.1) is 6.54 Å². The summed E-state index contributed by atoms with van der Waals surface area (Å²) in [6.45, 7) is 0.323. The maximum atomic E-state index is 11.6. The van der Waals surface area contributed by atoms with Crippen LogP contribution in [0.15, 0.2) is 41.3 Å². The molecule has 82 valence electrons. The second kappa shape index (κ2) is 4.37. The molecule has 0 unspecified atom stereocenters. The van der Waals surface area contributed by atoms with Gasteiger partial charge in [0.2, 0.25) is 0 Å². The summed E-state index contributed by atoms with van der Waals surface area (Å²) < 4.78 is 1.29. The standard InChI is InChI=1S/C11H10ClN3O/c12-9-4-2-1-3-8(9)7-15-11(16)10(13)5-6-14-15/h1-6H,7,13H2. The Kier molecular flexibility index (Phi) is 2.92. The van der Waals surface area contributed by atoms with Crippen molar-refractivity contribution in [2.45, 2.75) is 6.54 Å². The van der Waals surface area contributed by atoms with E-state index >= 15 is 0 Å². The largest absolute Gasteiger partial charge is 0.394 e. The Hall–Kier alpha value is -1.81. The Morgan fingerprint density at radius 2 is 2.06 bits per heavy atom. The fourth-order valence-electron chi connectivity index (χ4n) is 1.37. The van der Waals surface area contributed by atoms with Crippen molar-refractivity contribution < 1.29 is 0 Å². The number of nitrogen functional groups attached to an aromatic ring is 1. The first-order valence-corrected chi connectivity index (χ1v) is 5.11. The van der Waals surface area contributed by atoms with Crippen LogP contribution in [-0.4, -0.2) is 9.78 Å². The SMILES string of the molecule is Nc1ccnn(Cc2ccccc2Cl)c1=O. The zero-order chi connectivity index (χ0) is 11.5. The molecular weight excluding hydrogens is 226 g/mol. The minimum absolute atomic E-state index is 0.182. The van der Waals surface area contributed by atoms with Crippen molar-refractivity contribution in [3.63, 3.8) is 0 Å². The first-order chi connectivity index (χ1) is 7.68. The van der Waals surface area contributed by atoms with Crippen LogP contribution in [0.3, 0.4) is 0 Å². The van der Waals surface area contributed by atoms with Crippen LogP contribution in [-0.2, 0) is 6.54 Å². The van der Waals surface area contributed by atoms with Gasteiger partial charge in [0, 0.05) is 11.2 Å². The number of hydrogen-bond donors (Lipinski definition) is 1. The summed E-state index contributed by atoms with van der Waals surface area (Å²) in [4.78, 5) is 11.6. The molecule has 0 bridgehead atoms. The molecule has 0 atom stereocenters. The minimum atomic E-state index is -0.303. The van der Waals surface area contributed by atoms with Crippen LogP contribution in [0.2, 0.25) is 5.02 Å². The highest BCUT2D eigenvalue weighted by Crippen LogP contribution is 2.15. The number of anilines is 1. The maximum Gasteiger partial charge on any atom is 0.290 e. The van der Waals surface area contributed by atoms with Crippen molar-refractivity contribution in [1.82, 2.24) is 9.78 Å². The smallest absolute Gasteiger partial charge is 0.290 e. The Balaban J connectivity index is 2.39.